The molecule has 0 spiro atoms. The average molecular weight is 255 g/mol. The number of nitrogens with one attached hydrogen (secondary N) is 2. The minimum absolute atomic E-state index is 0.111. The predicted molar refractivity (Wildman–Crippen MR) is 71.0 cm³/mol. The van der Waals surface area contributed by atoms with Gasteiger partial charge in [0.25, 0.3) is 0 Å². The van der Waals surface area contributed by atoms with E-state index in [4.69, 9.17) is 10.5 Å². The van der Waals surface area contributed by atoms with Crippen molar-refractivity contribution in [3.8, 4) is 12.1 Å². The van der Waals surface area contributed by atoms with Crippen molar-refractivity contribution in [2.75, 3.05) is 5.43 Å². The van der Waals surface area contributed by atoms with Crippen LogP contribution in [0.5, 0.6) is 0 Å². The topological polar surface area (TPSA) is 101 Å². The molecule has 0 saturated heterocycles. The van der Waals surface area contributed by atoms with Crippen molar-refractivity contribution in [1.29, 1.82) is 10.5 Å². The van der Waals surface area contributed by atoms with Crippen molar-refractivity contribution >= 4 is 17.3 Å². The van der Waals surface area contributed by atoms with Crippen molar-refractivity contribution in [1.82, 2.24) is 5.32 Å². The molecule has 1 aromatic rings. The summed E-state index contributed by atoms with van der Waals surface area (Å²) in [7, 11) is 0. The van der Waals surface area contributed by atoms with Gasteiger partial charge in [-0.3, -0.25) is 10.2 Å². The molecule has 0 heterocycles. The smallest absolute Gasteiger partial charge is 0.237 e. The lowest BCUT2D eigenvalue weighted by atomic mass is 10.1. The van der Waals surface area contributed by atoms with Crippen molar-refractivity contribution in [3.05, 3.63) is 29.8 Å². The molecule has 0 aliphatic rings. The summed E-state index contributed by atoms with van der Waals surface area (Å²) >= 11 is 0. The first-order valence-corrected chi connectivity index (χ1v) is 5.57. The van der Waals surface area contributed by atoms with Gasteiger partial charge in [0.1, 0.15) is 12.1 Å². The minimum Gasteiger partial charge on any atom is -0.350 e. The number of carbonyl (C=O) groups is 1. The van der Waals surface area contributed by atoms with E-state index in [0.29, 0.717) is 5.69 Å². The third kappa shape index (κ3) is 4.49. The van der Waals surface area contributed by atoms with E-state index in [-0.39, 0.29) is 17.7 Å². The third-order valence-electron chi connectivity index (χ3n) is 2.32. The highest BCUT2D eigenvalue weighted by Crippen LogP contribution is 2.17. The molecule has 2 N–H and O–H groups in total. The van der Waals surface area contributed by atoms with Gasteiger partial charge in [-0.1, -0.05) is 12.1 Å². The van der Waals surface area contributed by atoms with Crippen molar-refractivity contribution < 1.29 is 4.79 Å². The van der Waals surface area contributed by atoms with E-state index < -0.39 is 0 Å². The molecule has 0 aromatic heterocycles. The van der Waals surface area contributed by atoms with Crippen LogP contribution in [0.15, 0.2) is 29.4 Å². The summed E-state index contributed by atoms with van der Waals surface area (Å²) in [6.45, 7) is 3.31. The zero-order valence-electron chi connectivity index (χ0n) is 10.6. The fraction of sp³-hybridized carbons (Fsp3) is 0.231. The van der Waals surface area contributed by atoms with E-state index >= 15 is 0 Å². The van der Waals surface area contributed by atoms with E-state index in [1.54, 1.807) is 30.3 Å². The summed E-state index contributed by atoms with van der Waals surface area (Å²) in [6.07, 6.45) is 0. The molecule has 1 amide bonds. The van der Waals surface area contributed by atoms with Crippen molar-refractivity contribution in [2.45, 2.75) is 19.9 Å². The second-order valence-electron chi connectivity index (χ2n) is 3.84. The normalized spacial score (nSPS) is 10.5. The number of amides is 1. The summed E-state index contributed by atoms with van der Waals surface area (Å²) < 4.78 is 0. The number of nitriles is 2. The number of rotatable bonds is 4. The molecule has 6 heteroatoms. The SMILES string of the molecule is CC(=O)NC(C)c1cccc(NN=C(C#N)C#N)c1. The second-order valence-corrected chi connectivity index (χ2v) is 3.84. The van der Waals surface area contributed by atoms with Gasteiger partial charge in [0.05, 0.1) is 11.7 Å². The Labute approximate surface area is 111 Å². The fourth-order valence-electron chi connectivity index (χ4n) is 1.46. The van der Waals surface area contributed by atoms with Gasteiger partial charge in [0, 0.05) is 6.92 Å². The molecule has 19 heavy (non-hydrogen) atoms. The zero-order chi connectivity index (χ0) is 14.3. The van der Waals surface area contributed by atoms with E-state index in [9.17, 15) is 4.79 Å². The molecular weight excluding hydrogens is 242 g/mol. The first-order chi connectivity index (χ1) is 9.06. The van der Waals surface area contributed by atoms with Gasteiger partial charge in [0.15, 0.2) is 0 Å². The number of carbonyl (C=O) groups excluding carboxylic acids is 1. The number of hydrogen-bond acceptors (Lipinski definition) is 5. The Morgan fingerprint density at radius 3 is 2.63 bits per heavy atom. The van der Waals surface area contributed by atoms with Crippen LogP contribution in [0.2, 0.25) is 0 Å². The van der Waals surface area contributed by atoms with Crippen molar-refractivity contribution in [2.24, 2.45) is 5.10 Å². The molecule has 0 radical (unpaired) electrons. The lowest BCUT2D eigenvalue weighted by Gasteiger charge is -2.13. The Hall–Kier alpha value is -2.86. The molecule has 0 saturated carbocycles. The minimum atomic E-state index is -0.250. The first-order valence-electron chi connectivity index (χ1n) is 5.57. The maximum atomic E-state index is 11.0. The summed E-state index contributed by atoms with van der Waals surface area (Å²) in [5.41, 5.74) is 3.91. The quantitative estimate of drug-likeness (QED) is 0.631. The molecule has 1 rings (SSSR count). The standard InChI is InChI=1S/C13H13N5O/c1-9(16-10(2)19)11-4-3-5-12(6-11)17-18-13(7-14)8-15/h3-6,9,17H,1-2H3,(H,16,19). The number of benzene rings is 1. The van der Waals surface area contributed by atoms with Crippen LogP contribution in [-0.4, -0.2) is 11.6 Å². The summed E-state index contributed by atoms with van der Waals surface area (Å²) in [6, 6.07) is 10.4. The van der Waals surface area contributed by atoms with Crippen molar-refractivity contribution in [3.63, 3.8) is 0 Å². The average Bonchev–Trinajstić information content (AvgIpc) is 2.39. The highest BCUT2D eigenvalue weighted by atomic mass is 16.1. The van der Waals surface area contributed by atoms with Gasteiger partial charge in [0.2, 0.25) is 11.6 Å². The van der Waals surface area contributed by atoms with Crippen LogP contribution in [0.3, 0.4) is 0 Å². The maximum Gasteiger partial charge on any atom is 0.237 e. The molecule has 96 valence electrons. The molecule has 1 atom stereocenters. The van der Waals surface area contributed by atoms with Crippen LogP contribution in [0.1, 0.15) is 25.5 Å². The molecule has 0 aliphatic carbocycles. The number of nitrogens with zero attached hydrogens (tertiary/aromatic N) is 3. The Kier molecular flexibility index (Phi) is 5.06. The number of hydrazone groups is 1. The Balaban J connectivity index is 2.84. The molecule has 0 aliphatic heterocycles. The van der Waals surface area contributed by atoms with Gasteiger partial charge in [-0.2, -0.15) is 15.6 Å². The van der Waals surface area contributed by atoms with E-state index in [1.807, 2.05) is 13.0 Å². The van der Waals surface area contributed by atoms with Crippen LogP contribution in [0.4, 0.5) is 5.69 Å². The third-order valence-corrected chi connectivity index (χ3v) is 2.32. The van der Waals surface area contributed by atoms with Crippen LogP contribution < -0.4 is 10.7 Å². The van der Waals surface area contributed by atoms with E-state index in [0.717, 1.165) is 5.56 Å². The van der Waals surface area contributed by atoms with Gasteiger partial charge >= 0.3 is 0 Å². The highest BCUT2D eigenvalue weighted by Gasteiger charge is 2.06. The maximum absolute atomic E-state index is 11.0. The monoisotopic (exact) mass is 255 g/mol. The Morgan fingerprint density at radius 2 is 2.05 bits per heavy atom. The van der Waals surface area contributed by atoms with Gasteiger partial charge in [-0.05, 0) is 24.6 Å². The largest absolute Gasteiger partial charge is 0.350 e. The van der Waals surface area contributed by atoms with E-state index in [2.05, 4.69) is 15.8 Å². The van der Waals surface area contributed by atoms with Crippen LogP contribution in [0, 0.1) is 22.7 Å². The first kappa shape index (κ1) is 14.2. The van der Waals surface area contributed by atoms with Gasteiger partial charge < -0.3 is 5.32 Å². The van der Waals surface area contributed by atoms with Crippen LogP contribution >= 0.6 is 0 Å². The summed E-state index contributed by atoms with van der Waals surface area (Å²) in [5.74, 6) is -0.111. The Bertz CT molecular complexity index is 563. The molecule has 0 bridgehead atoms. The van der Waals surface area contributed by atoms with Gasteiger partial charge in [-0.15, -0.1) is 0 Å². The molecule has 1 aromatic carbocycles. The predicted octanol–water partition coefficient (Wildman–Crippen LogP) is 1.70. The Morgan fingerprint density at radius 1 is 1.37 bits per heavy atom. The van der Waals surface area contributed by atoms with Gasteiger partial charge in [-0.25, -0.2) is 0 Å². The van der Waals surface area contributed by atoms with Crippen LogP contribution in [0.25, 0.3) is 0 Å². The summed E-state index contributed by atoms with van der Waals surface area (Å²) in [5, 5.41) is 23.5. The fourth-order valence-corrected chi connectivity index (χ4v) is 1.46. The second kappa shape index (κ2) is 6.77. The molecular formula is C13H13N5O. The lowest BCUT2D eigenvalue weighted by molar-refractivity contribution is -0.119. The molecule has 0 fully saturated rings. The summed E-state index contributed by atoms with van der Waals surface area (Å²) in [4.78, 5) is 11.0. The van der Waals surface area contributed by atoms with E-state index in [1.165, 1.54) is 6.92 Å². The van der Waals surface area contributed by atoms with Crippen LogP contribution in [-0.2, 0) is 4.79 Å². The highest BCUT2D eigenvalue weighted by molar-refractivity contribution is 6.10. The molecule has 6 nitrogen and oxygen atoms in total. The number of hydrogen-bond donors (Lipinski definition) is 2. The lowest BCUT2D eigenvalue weighted by Crippen LogP contribution is -2.23. The molecule has 1 unspecified atom stereocenters. The zero-order valence-corrected chi connectivity index (χ0v) is 10.6. The number of anilines is 1.